The average Bonchev–Trinajstić information content (AvgIpc) is 3.08. The second-order valence-electron chi connectivity index (χ2n) is 9.90. The first-order valence-corrected chi connectivity index (χ1v) is 11.2. The van der Waals surface area contributed by atoms with Crippen LogP contribution in [0.3, 0.4) is 0 Å². The summed E-state index contributed by atoms with van der Waals surface area (Å²) < 4.78 is 9.64. The number of aromatic nitrogens is 3. The molecule has 0 saturated carbocycles. The lowest BCUT2D eigenvalue weighted by molar-refractivity contribution is 0.0693. The molecule has 1 aliphatic rings. The lowest BCUT2D eigenvalue weighted by Gasteiger charge is -2.38. The average molecular weight is 438 g/mol. The van der Waals surface area contributed by atoms with Crippen molar-refractivity contribution in [3.63, 3.8) is 0 Å². The summed E-state index contributed by atoms with van der Waals surface area (Å²) >= 11 is 0. The molecule has 0 spiro atoms. The van der Waals surface area contributed by atoms with Gasteiger partial charge in [-0.3, -0.25) is 9.48 Å². The lowest BCUT2D eigenvalue weighted by Crippen LogP contribution is -2.35. The van der Waals surface area contributed by atoms with Gasteiger partial charge in [-0.05, 0) is 37.7 Å². The van der Waals surface area contributed by atoms with Crippen LogP contribution >= 0.6 is 0 Å². The highest BCUT2D eigenvalue weighted by atomic mass is 16.5. The Morgan fingerprint density at radius 3 is 2.72 bits per heavy atom. The maximum atomic E-state index is 12.6. The van der Waals surface area contributed by atoms with Gasteiger partial charge in [0.2, 0.25) is 0 Å². The van der Waals surface area contributed by atoms with Crippen molar-refractivity contribution in [3.05, 3.63) is 51.8 Å². The molecule has 2 aromatic heterocycles. The Balaban J connectivity index is 1.85. The van der Waals surface area contributed by atoms with Crippen LogP contribution in [0.5, 0.6) is 0 Å². The van der Waals surface area contributed by atoms with Crippen molar-refractivity contribution in [2.24, 2.45) is 5.41 Å². The quantitative estimate of drug-likeness (QED) is 0.573. The van der Waals surface area contributed by atoms with Crippen molar-refractivity contribution in [3.8, 4) is 11.4 Å². The van der Waals surface area contributed by atoms with E-state index in [1.807, 2.05) is 35.2 Å². The Bertz CT molecular complexity index is 1230. The van der Waals surface area contributed by atoms with E-state index in [4.69, 9.17) is 9.84 Å². The highest BCUT2D eigenvalue weighted by Crippen LogP contribution is 2.42. The topological polar surface area (TPSA) is 86.3 Å². The Morgan fingerprint density at radius 1 is 1.31 bits per heavy atom. The summed E-state index contributed by atoms with van der Waals surface area (Å²) in [5.74, 6) is -1.20. The Kier molecular flexibility index (Phi) is 5.71. The fourth-order valence-electron chi connectivity index (χ4n) is 4.50. The minimum absolute atomic E-state index is 0.0408. The molecular formula is C25H31N3O4. The number of pyridine rings is 1. The zero-order chi connectivity index (χ0) is 23.2. The smallest absolute Gasteiger partial charge is 0.341 e. The summed E-state index contributed by atoms with van der Waals surface area (Å²) in [4.78, 5) is 24.3. The first-order chi connectivity index (χ1) is 15.1. The van der Waals surface area contributed by atoms with E-state index in [2.05, 4.69) is 26.8 Å². The molecule has 32 heavy (non-hydrogen) atoms. The zero-order valence-electron chi connectivity index (χ0n) is 19.4. The number of hydrogen-bond donors (Lipinski definition) is 1. The molecule has 0 saturated heterocycles. The van der Waals surface area contributed by atoms with Crippen LogP contribution in [0.25, 0.3) is 22.3 Å². The molecule has 1 unspecified atom stereocenters. The third kappa shape index (κ3) is 3.97. The lowest BCUT2D eigenvalue weighted by atomic mass is 9.85. The van der Waals surface area contributed by atoms with E-state index in [0.717, 1.165) is 35.0 Å². The van der Waals surface area contributed by atoms with Crippen molar-refractivity contribution in [1.29, 1.82) is 0 Å². The molecule has 170 valence electrons. The second kappa shape index (κ2) is 8.20. The molecule has 7 heteroatoms. The number of fused-ring (bicyclic) bond motifs is 5. The molecule has 0 radical (unpaired) electrons. The van der Waals surface area contributed by atoms with Crippen LogP contribution in [0.4, 0.5) is 0 Å². The number of hydrogen-bond acceptors (Lipinski definition) is 4. The Morgan fingerprint density at radius 2 is 2.06 bits per heavy atom. The number of rotatable bonds is 6. The normalized spacial score (nSPS) is 15.8. The molecule has 3 heterocycles. The number of nitrogens with zero attached hydrogens (tertiary/aromatic N) is 3. The van der Waals surface area contributed by atoms with Crippen molar-refractivity contribution in [1.82, 2.24) is 14.3 Å². The number of aryl methyl sites for hydroxylation is 1. The molecular weight excluding hydrogens is 406 g/mol. The van der Waals surface area contributed by atoms with Crippen LogP contribution in [-0.4, -0.2) is 38.1 Å². The Labute approximate surface area is 187 Å². The van der Waals surface area contributed by atoms with Crippen molar-refractivity contribution in [2.75, 3.05) is 6.61 Å². The highest BCUT2D eigenvalue weighted by Gasteiger charge is 2.35. The van der Waals surface area contributed by atoms with E-state index in [1.54, 1.807) is 0 Å². The van der Waals surface area contributed by atoms with Crippen LogP contribution in [-0.2, 0) is 17.7 Å². The second-order valence-corrected chi connectivity index (χ2v) is 9.90. The molecule has 1 aromatic carbocycles. The van der Waals surface area contributed by atoms with E-state index in [0.29, 0.717) is 18.8 Å². The summed E-state index contributed by atoms with van der Waals surface area (Å²) in [5, 5.41) is 15.5. The van der Waals surface area contributed by atoms with Crippen LogP contribution in [0.15, 0.2) is 35.3 Å². The minimum atomic E-state index is -1.20. The first-order valence-electron chi connectivity index (χ1n) is 11.2. The van der Waals surface area contributed by atoms with Crippen LogP contribution in [0.1, 0.15) is 63.0 Å². The number of aromatic carboxylic acids is 1. The van der Waals surface area contributed by atoms with E-state index in [-0.39, 0.29) is 23.1 Å². The fraction of sp³-hybridized carbons (Fsp3) is 0.480. The van der Waals surface area contributed by atoms with Crippen LogP contribution < -0.4 is 5.43 Å². The summed E-state index contributed by atoms with van der Waals surface area (Å²) in [6.45, 7) is 11.7. The fourth-order valence-corrected chi connectivity index (χ4v) is 4.50. The monoisotopic (exact) mass is 437 g/mol. The summed E-state index contributed by atoms with van der Waals surface area (Å²) in [7, 11) is 0. The molecule has 7 nitrogen and oxygen atoms in total. The van der Waals surface area contributed by atoms with Gasteiger partial charge in [-0.25, -0.2) is 4.79 Å². The molecule has 0 amide bonds. The number of carboxylic acid groups (broad SMARTS) is 1. The molecule has 0 fully saturated rings. The van der Waals surface area contributed by atoms with Gasteiger partial charge in [-0.1, -0.05) is 39.0 Å². The molecule has 4 rings (SSSR count). The third-order valence-corrected chi connectivity index (χ3v) is 6.13. The number of carboxylic acids is 1. The predicted octanol–water partition coefficient (Wildman–Crippen LogP) is 4.52. The standard InChI is InChI=1S/C25H31N3O4/c1-15(2)32-11-7-9-16-8-6-10-17-22(16)26-28-14-21(25(3,4)5)27-13-18(24(30)31)20(29)12-19(27)23(17)28/h6,8,10,12-13,15,21H,7,9,11,14H2,1-5H3,(H,30,31). The van der Waals surface area contributed by atoms with Crippen LogP contribution in [0.2, 0.25) is 0 Å². The summed E-state index contributed by atoms with van der Waals surface area (Å²) in [5.41, 5.74) is 2.83. The van der Waals surface area contributed by atoms with Gasteiger partial charge in [-0.2, -0.15) is 5.10 Å². The largest absolute Gasteiger partial charge is 0.477 e. The number of benzene rings is 1. The predicted molar refractivity (Wildman–Crippen MR) is 124 cm³/mol. The highest BCUT2D eigenvalue weighted by molar-refractivity contribution is 5.95. The van der Waals surface area contributed by atoms with Gasteiger partial charge in [0.05, 0.1) is 35.6 Å². The van der Waals surface area contributed by atoms with Gasteiger partial charge in [-0.15, -0.1) is 0 Å². The molecule has 1 aliphatic heterocycles. The van der Waals surface area contributed by atoms with E-state index in [1.165, 1.54) is 12.3 Å². The van der Waals surface area contributed by atoms with Crippen molar-refractivity contribution >= 4 is 16.9 Å². The van der Waals surface area contributed by atoms with Gasteiger partial charge in [0.1, 0.15) is 5.56 Å². The van der Waals surface area contributed by atoms with Gasteiger partial charge in [0.15, 0.2) is 5.43 Å². The maximum absolute atomic E-state index is 12.6. The Hall–Kier alpha value is -2.93. The molecule has 0 bridgehead atoms. The molecule has 1 atom stereocenters. The summed E-state index contributed by atoms with van der Waals surface area (Å²) in [6, 6.07) is 7.56. The van der Waals surface area contributed by atoms with Crippen molar-refractivity contribution < 1.29 is 14.6 Å². The van der Waals surface area contributed by atoms with Gasteiger partial charge in [0, 0.05) is 24.3 Å². The van der Waals surface area contributed by atoms with Gasteiger partial charge >= 0.3 is 5.97 Å². The summed E-state index contributed by atoms with van der Waals surface area (Å²) in [6.07, 6.45) is 3.48. The molecule has 0 aliphatic carbocycles. The molecule has 3 aromatic rings. The van der Waals surface area contributed by atoms with Crippen molar-refractivity contribution in [2.45, 2.75) is 66.2 Å². The number of carbonyl (C=O) groups is 1. The van der Waals surface area contributed by atoms with Crippen LogP contribution in [0, 0.1) is 5.41 Å². The molecule has 1 N–H and O–H groups in total. The van der Waals surface area contributed by atoms with E-state index in [9.17, 15) is 14.7 Å². The SMILES string of the molecule is CC(C)OCCCc1cccc2c3n(nc12)CC(C(C)(C)C)n1cc(C(=O)O)c(=O)cc1-3. The minimum Gasteiger partial charge on any atom is -0.477 e. The zero-order valence-corrected chi connectivity index (χ0v) is 19.4. The van der Waals surface area contributed by atoms with E-state index >= 15 is 0 Å². The first kappa shape index (κ1) is 22.3. The van der Waals surface area contributed by atoms with Gasteiger partial charge < -0.3 is 14.4 Å². The maximum Gasteiger partial charge on any atom is 0.341 e. The third-order valence-electron chi connectivity index (χ3n) is 6.13. The number of ether oxygens (including phenoxy) is 1. The van der Waals surface area contributed by atoms with E-state index < -0.39 is 11.4 Å². The van der Waals surface area contributed by atoms with Gasteiger partial charge in [0.25, 0.3) is 0 Å².